The molecule has 2 atom stereocenters. The summed E-state index contributed by atoms with van der Waals surface area (Å²) in [5.74, 6) is -0.852. The van der Waals surface area contributed by atoms with Gasteiger partial charge < -0.3 is 44.7 Å². The van der Waals surface area contributed by atoms with Crippen molar-refractivity contribution in [3.05, 3.63) is 163 Å². The Labute approximate surface area is 441 Å². The molecular weight excluding hydrogens is 1000 g/mol. The molecule has 15 nitrogen and oxygen atoms in total. The van der Waals surface area contributed by atoms with Crippen LogP contribution in [0.3, 0.4) is 0 Å². The first-order valence-corrected chi connectivity index (χ1v) is 23.0. The number of hydrogen-bond acceptors (Lipinski definition) is 13. The van der Waals surface area contributed by atoms with Crippen LogP contribution < -0.4 is 24.3 Å². The maximum atomic E-state index is 11.1. The zero-order valence-electron chi connectivity index (χ0n) is 39.5. The quantitative estimate of drug-likeness (QED) is 0.0336. The number of carbonyl (C=O) groups is 2. The highest BCUT2D eigenvalue weighted by Crippen LogP contribution is 2.38. The molecule has 19 heteroatoms. The van der Waals surface area contributed by atoms with E-state index >= 15 is 0 Å². The van der Waals surface area contributed by atoms with Crippen LogP contribution >= 0.6 is 50.2 Å². The second-order valence-corrected chi connectivity index (χ2v) is 17.2. The van der Waals surface area contributed by atoms with Crippen LogP contribution in [0.25, 0.3) is 11.1 Å². The van der Waals surface area contributed by atoms with E-state index in [2.05, 4.69) is 27.4 Å². The van der Waals surface area contributed by atoms with Crippen molar-refractivity contribution in [2.45, 2.75) is 91.1 Å². The number of benzene rings is 4. The van der Waals surface area contributed by atoms with Crippen LogP contribution in [0.1, 0.15) is 81.3 Å². The second-order valence-electron chi connectivity index (χ2n) is 16.4. The van der Waals surface area contributed by atoms with E-state index < -0.39 is 24.1 Å². The molecule has 0 aliphatic carbocycles. The number of nitrogens with one attached hydrogen (secondary N) is 1. The fourth-order valence-corrected chi connectivity index (χ4v) is 7.97. The molecule has 0 saturated heterocycles. The molecule has 0 amide bonds. The number of aromatic nitrogens is 2. The van der Waals surface area contributed by atoms with Gasteiger partial charge in [-0.1, -0.05) is 59.6 Å². The van der Waals surface area contributed by atoms with Crippen molar-refractivity contribution in [3.63, 3.8) is 0 Å². The van der Waals surface area contributed by atoms with Gasteiger partial charge in [-0.3, -0.25) is 9.97 Å². The van der Waals surface area contributed by atoms with E-state index in [9.17, 15) is 30.3 Å². The zero-order chi connectivity index (χ0) is 50.2. The van der Waals surface area contributed by atoms with E-state index in [1.54, 1.807) is 48.8 Å². The van der Waals surface area contributed by atoms with Crippen molar-refractivity contribution >= 4 is 62.1 Å². The Morgan fingerprint density at radius 1 is 0.611 bits per heavy atom. The lowest BCUT2D eigenvalue weighted by atomic mass is 9.92. The minimum absolute atomic E-state index is 0. The molecule has 0 aliphatic heterocycles. The molecule has 0 spiro atoms. The number of aliphatic carboxylic acids is 2. The maximum absolute atomic E-state index is 11.1. The summed E-state index contributed by atoms with van der Waals surface area (Å²) in [6, 6.07) is 26.4. The molecule has 2 aromatic heterocycles. The summed E-state index contributed by atoms with van der Waals surface area (Å²) in [4.78, 5) is 30.4. The van der Waals surface area contributed by atoms with E-state index in [0.29, 0.717) is 80.1 Å². The molecule has 2 heterocycles. The van der Waals surface area contributed by atoms with Gasteiger partial charge in [0.15, 0.2) is 12.2 Å². The molecule has 72 heavy (non-hydrogen) atoms. The number of unbranched alkanes of at least 4 members (excludes halogenated alkanes) is 1. The smallest absolute Gasteiger partial charge is 0.332 e. The lowest BCUT2D eigenvalue weighted by Crippen LogP contribution is -2.26. The van der Waals surface area contributed by atoms with Crippen LogP contribution in [0, 0.1) is 36.5 Å². The van der Waals surface area contributed by atoms with Crippen molar-refractivity contribution in [1.29, 1.82) is 10.5 Å². The maximum Gasteiger partial charge on any atom is 0.332 e. The summed E-state index contributed by atoms with van der Waals surface area (Å²) in [6.45, 7) is 5.09. The van der Waals surface area contributed by atoms with Crippen molar-refractivity contribution in [2.75, 3.05) is 6.54 Å². The Bertz CT molecular complexity index is 2720. The zero-order valence-corrected chi connectivity index (χ0v) is 43.0. The van der Waals surface area contributed by atoms with Crippen LogP contribution in [0.2, 0.25) is 10.0 Å². The van der Waals surface area contributed by atoms with E-state index in [0.717, 1.165) is 38.9 Å². The Balaban J connectivity index is 0.00000562. The number of pyridine rings is 2. The van der Waals surface area contributed by atoms with Gasteiger partial charge in [0.1, 0.15) is 61.6 Å². The Hall–Kier alpha value is -6.54. The summed E-state index contributed by atoms with van der Waals surface area (Å²) < 4.78 is 25.2. The van der Waals surface area contributed by atoms with Gasteiger partial charge in [-0.25, -0.2) is 9.59 Å². The number of carboxylic acid groups (broad SMARTS) is 2. The lowest BCUT2D eigenvalue weighted by Gasteiger charge is -2.19. The normalized spacial score (nSPS) is 11.4. The van der Waals surface area contributed by atoms with Gasteiger partial charge in [-0.2, -0.15) is 37.5 Å². The van der Waals surface area contributed by atoms with Crippen molar-refractivity contribution < 1.29 is 49.0 Å². The van der Waals surface area contributed by atoms with E-state index in [1.807, 2.05) is 50.2 Å². The molecule has 0 radical (unpaired) electrons. The number of rotatable bonds is 25. The number of ether oxygens (including phenoxy) is 4. The van der Waals surface area contributed by atoms with Crippen molar-refractivity contribution in [3.8, 4) is 46.3 Å². The van der Waals surface area contributed by atoms with E-state index in [4.69, 9.17) is 52.4 Å². The summed E-state index contributed by atoms with van der Waals surface area (Å²) in [6.07, 6.45) is 4.87. The monoisotopic (exact) mass is 1060 g/mol. The van der Waals surface area contributed by atoms with E-state index in [1.165, 1.54) is 12.4 Å². The van der Waals surface area contributed by atoms with Crippen molar-refractivity contribution in [1.82, 2.24) is 15.3 Å². The summed E-state index contributed by atoms with van der Waals surface area (Å²) >= 11 is 13.6. The number of hydrogen-bond donors (Lipinski definition) is 5. The number of aliphatic hydroxyl groups excluding tert-OH is 2. The Kier molecular flexibility index (Phi) is 23.0. The van der Waals surface area contributed by atoms with Gasteiger partial charge in [0.05, 0.1) is 21.2 Å². The summed E-state index contributed by atoms with van der Waals surface area (Å²) in [5, 5.41) is 60.1. The number of nitrogens with zero attached hydrogens (tertiary/aromatic N) is 4. The molecule has 6 aromatic rings. The first kappa shape index (κ1) is 58.0. The third-order valence-corrected chi connectivity index (χ3v) is 12.1. The molecule has 6 rings (SSSR count). The van der Waals surface area contributed by atoms with Gasteiger partial charge in [-0.15, -0.1) is 0 Å². The molecule has 0 unspecified atom stereocenters. The molecule has 0 bridgehead atoms. The number of nitriles is 2. The van der Waals surface area contributed by atoms with Crippen molar-refractivity contribution in [2.24, 2.45) is 0 Å². The predicted octanol–water partition coefficient (Wildman–Crippen LogP) is 9.44. The largest absolute Gasteiger partial charge is 0.488 e. The van der Waals surface area contributed by atoms with Crippen LogP contribution in [0.4, 0.5) is 0 Å². The van der Waals surface area contributed by atoms with Crippen LogP contribution in [0.15, 0.2) is 97.6 Å². The highest BCUT2D eigenvalue weighted by molar-refractivity contribution is 7.59. The second kappa shape index (κ2) is 28.5. The first-order chi connectivity index (χ1) is 33.7. The third kappa shape index (κ3) is 16.2. The Morgan fingerprint density at radius 2 is 1.07 bits per heavy atom. The van der Waals surface area contributed by atoms with Crippen LogP contribution in [0.5, 0.6) is 23.0 Å². The third-order valence-electron chi connectivity index (χ3n) is 11.5. The molecule has 5 N–H and O–H groups in total. The summed E-state index contributed by atoms with van der Waals surface area (Å²) in [5.41, 5.74) is 9.37. The van der Waals surface area contributed by atoms with Gasteiger partial charge in [-0.05, 0) is 116 Å². The van der Waals surface area contributed by atoms with Gasteiger partial charge in [0.2, 0.25) is 0 Å². The highest BCUT2D eigenvalue weighted by atomic mass is 35.5. The fourth-order valence-electron chi connectivity index (χ4n) is 7.49. The first-order valence-electron chi connectivity index (χ1n) is 22.3. The van der Waals surface area contributed by atoms with Crippen LogP contribution in [-0.2, 0) is 49.0 Å². The van der Waals surface area contributed by atoms with Crippen LogP contribution in [-0.4, -0.2) is 61.1 Å². The standard InChI is InChI=1S/C53H51Cl2N5O10.2H2S/c1-32-39(30-69-50-19-48(67-28-36-15-34(21-56)23-59-25-36)38(17-44(50)54)7-3-4-12-46(61)52(63)64)8-5-10-42(32)43-11-6-9-40(33(43)2)31-70-51-20-49(68-29-37-16-35(22-57)24-60-26-37)41(18-45(51)55)27-58-14-13-47(62)53(65)66;;/h5-6,8-11,15-20,23-26,46-47,58,61-62H,3-4,7,12-14,27-31H2,1-2H3,(H,63,64)(H,65,66);2*1H2/t46-,47-;;/m0../s1. The SMILES string of the molecule is Cc1c(COc2cc(OCc3cncc(C#N)c3)c(CCCC[C@H](O)C(=O)O)cc2Cl)cccc1-c1cccc(COc2cc(OCc3cncc(C#N)c3)c(CNCC[C@H](O)C(=O)O)cc2Cl)c1C.S.S. The Morgan fingerprint density at radius 3 is 1.56 bits per heavy atom. The van der Waals surface area contributed by atoms with Gasteiger partial charge >= 0.3 is 11.9 Å². The topological polar surface area (TPSA) is 237 Å². The van der Waals surface area contributed by atoms with Gasteiger partial charge in [0.25, 0.3) is 0 Å². The molecule has 4 aromatic carbocycles. The average molecular weight is 1060 g/mol. The number of halogens is 2. The van der Waals surface area contributed by atoms with E-state index in [-0.39, 0.29) is 79.4 Å². The molecule has 0 saturated carbocycles. The molecule has 0 fully saturated rings. The highest BCUT2D eigenvalue weighted by Gasteiger charge is 2.19. The lowest BCUT2D eigenvalue weighted by molar-refractivity contribution is -0.147. The average Bonchev–Trinajstić information content (AvgIpc) is 3.35. The number of carboxylic acids is 2. The summed E-state index contributed by atoms with van der Waals surface area (Å²) in [7, 11) is 0. The fraction of sp³-hybridized carbons (Fsp3) is 0.283. The molecular formula is C53H55Cl2N5O10S2. The predicted molar refractivity (Wildman–Crippen MR) is 281 cm³/mol. The molecule has 378 valence electrons. The van der Waals surface area contributed by atoms with Gasteiger partial charge in [0, 0.05) is 60.2 Å². The minimum atomic E-state index is -1.50. The molecule has 0 aliphatic rings. The number of aliphatic hydroxyl groups is 2. The number of aryl methyl sites for hydroxylation is 1. The minimum Gasteiger partial charge on any atom is -0.488 e.